The molecule has 3 aliphatic rings. The Morgan fingerprint density at radius 3 is 2.12 bits per heavy atom. The fraction of sp³-hybridized carbons (Fsp3) is 0.278. The van der Waals surface area contributed by atoms with Crippen molar-refractivity contribution in [3.05, 3.63) is 54.6 Å². The highest BCUT2D eigenvalue weighted by Crippen LogP contribution is 2.53. The average molecular weight is 349 g/mol. The molecule has 1 aromatic heterocycles. The van der Waals surface area contributed by atoms with Crippen LogP contribution in [0.25, 0.3) is 0 Å². The molecule has 1 aliphatic heterocycles. The molecule has 2 fully saturated rings. The van der Waals surface area contributed by atoms with E-state index < -0.39 is 0 Å². The summed E-state index contributed by atoms with van der Waals surface area (Å²) in [6, 6.07) is 6.45. The van der Waals surface area contributed by atoms with E-state index in [2.05, 4.69) is 27.8 Å². The molecule has 1 aromatic carbocycles. The first-order valence-electron chi connectivity index (χ1n) is 8.45. The predicted octanol–water partition coefficient (Wildman–Crippen LogP) is 0.973. The molecule has 130 valence electrons. The van der Waals surface area contributed by atoms with Gasteiger partial charge in [-0.1, -0.05) is 12.2 Å². The third-order valence-corrected chi connectivity index (χ3v) is 5.51. The Morgan fingerprint density at radius 1 is 0.962 bits per heavy atom. The highest BCUT2D eigenvalue weighted by atomic mass is 16.2. The number of carbonyl (C=O) groups is 3. The SMILES string of the molecule is O=C(Nn1cnnc1)c1ccc(N2C(=O)[C@@H]3[C@H](C2=O)[C@@H]2C=C[C@@H]3C2)cc1. The molecule has 1 N–H and O–H groups in total. The first kappa shape index (κ1) is 15.0. The Kier molecular flexibility index (Phi) is 3.09. The summed E-state index contributed by atoms with van der Waals surface area (Å²) in [6.07, 6.45) is 7.78. The first-order chi connectivity index (χ1) is 12.6. The molecular weight excluding hydrogens is 334 g/mol. The number of aromatic nitrogens is 3. The van der Waals surface area contributed by atoms with Crippen molar-refractivity contribution in [1.29, 1.82) is 0 Å². The molecule has 0 unspecified atom stereocenters. The van der Waals surface area contributed by atoms with E-state index in [0.717, 1.165) is 6.42 Å². The lowest BCUT2D eigenvalue weighted by Crippen LogP contribution is -2.32. The Bertz CT molecular complexity index is 904. The van der Waals surface area contributed by atoms with Crippen LogP contribution >= 0.6 is 0 Å². The van der Waals surface area contributed by atoms with Gasteiger partial charge in [0.2, 0.25) is 11.8 Å². The maximum Gasteiger partial charge on any atom is 0.270 e. The Balaban J connectivity index is 1.37. The fourth-order valence-electron chi connectivity index (χ4n) is 4.36. The third-order valence-electron chi connectivity index (χ3n) is 5.51. The van der Waals surface area contributed by atoms with Crippen LogP contribution in [-0.4, -0.2) is 32.6 Å². The number of amides is 3. The van der Waals surface area contributed by atoms with Gasteiger partial charge in [0.05, 0.1) is 17.5 Å². The van der Waals surface area contributed by atoms with E-state index >= 15 is 0 Å². The summed E-state index contributed by atoms with van der Waals surface area (Å²) in [6.45, 7) is 0. The van der Waals surface area contributed by atoms with E-state index in [1.165, 1.54) is 22.2 Å². The monoisotopic (exact) mass is 349 g/mol. The van der Waals surface area contributed by atoms with Crippen molar-refractivity contribution in [2.75, 3.05) is 10.3 Å². The minimum Gasteiger partial charge on any atom is -0.274 e. The maximum absolute atomic E-state index is 12.8. The molecule has 3 amide bonds. The summed E-state index contributed by atoms with van der Waals surface area (Å²) < 4.78 is 1.34. The number of carbonyl (C=O) groups excluding carboxylic acids is 3. The van der Waals surface area contributed by atoms with E-state index in [9.17, 15) is 14.4 Å². The highest BCUT2D eigenvalue weighted by molar-refractivity contribution is 6.22. The number of fused-ring (bicyclic) bond motifs is 5. The van der Waals surface area contributed by atoms with Gasteiger partial charge in [0.1, 0.15) is 12.7 Å². The molecule has 1 saturated heterocycles. The topological polar surface area (TPSA) is 97.2 Å². The average Bonchev–Trinajstić information content (AvgIpc) is 3.41. The zero-order valence-corrected chi connectivity index (χ0v) is 13.6. The van der Waals surface area contributed by atoms with Gasteiger partial charge in [0.15, 0.2) is 0 Å². The summed E-state index contributed by atoms with van der Waals surface area (Å²) in [5.41, 5.74) is 3.51. The van der Waals surface area contributed by atoms with Gasteiger partial charge in [0, 0.05) is 5.56 Å². The number of hydrogen-bond acceptors (Lipinski definition) is 5. The number of imide groups is 1. The Hall–Kier alpha value is -3.29. The van der Waals surface area contributed by atoms with E-state index in [1.54, 1.807) is 24.3 Å². The van der Waals surface area contributed by atoms with E-state index in [1.807, 2.05) is 0 Å². The molecule has 2 aliphatic carbocycles. The van der Waals surface area contributed by atoms with Crippen LogP contribution in [-0.2, 0) is 9.59 Å². The molecule has 26 heavy (non-hydrogen) atoms. The van der Waals surface area contributed by atoms with Crippen LogP contribution in [0, 0.1) is 23.7 Å². The van der Waals surface area contributed by atoms with Gasteiger partial charge in [-0.15, -0.1) is 10.2 Å². The largest absolute Gasteiger partial charge is 0.274 e. The molecule has 0 spiro atoms. The van der Waals surface area contributed by atoms with Crippen molar-refractivity contribution in [2.45, 2.75) is 6.42 Å². The lowest BCUT2D eigenvalue weighted by atomic mass is 9.85. The molecular formula is C18H15N5O3. The Labute approximate surface area is 148 Å². The zero-order chi connectivity index (χ0) is 17.8. The quantitative estimate of drug-likeness (QED) is 0.658. The second-order valence-electron chi connectivity index (χ2n) is 6.87. The predicted molar refractivity (Wildman–Crippen MR) is 90.4 cm³/mol. The normalized spacial score (nSPS) is 28.7. The molecule has 2 aromatic rings. The minimum absolute atomic E-state index is 0.126. The van der Waals surface area contributed by atoms with Crippen LogP contribution in [0.1, 0.15) is 16.8 Å². The second-order valence-corrected chi connectivity index (χ2v) is 6.87. The standard InChI is InChI=1S/C18H15N5O3/c24-16(21-22-8-19-20-9-22)10-3-5-13(6-4-10)23-17(25)14-11-1-2-12(7-11)15(14)18(23)26/h1-6,8-9,11-12,14-15H,7H2,(H,21,24)/t11-,12-,14-,15+/m1/s1. The number of allylic oxidation sites excluding steroid dienone is 2. The third kappa shape index (κ3) is 2.05. The van der Waals surface area contributed by atoms with Crippen LogP contribution in [0.2, 0.25) is 0 Å². The Morgan fingerprint density at radius 2 is 1.54 bits per heavy atom. The second kappa shape index (κ2) is 5.35. The summed E-state index contributed by atoms with van der Waals surface area (Å²) in [7, 11) is 0. The van der Waals surface area contributed by atoms with Crippen molar-refractivity contribution in [1.82, 2.24) is 14.9 Å². The number of nitrogens with zero attached hydrogens (tertiary/aromatic N) is 4. The lowest BCUT2D eigenvalue weighted by Gasteiger charge is -2.17. The van der Waals surface area contributed by atoms with Crippen molar-refractivity contribution in [2.24, 2.45) is 23.7 Å². The molecule has 4 atom stereocenters. The van der Waals surface area contributed by atoms with E-state index in [4.69, 9.17) is 0 Å². The van der Waals surface area contributed by atoms with Crippen LogP contribution in [0.5, 0.6) is 0 Å². The van der Waals surface area contributed by atoms with Gasteiger partial charge in [-0.3, -0.25) is 24.7 Å². The number of anilines is 1. The van der Waals surface area contributed by atoms with Crippen molar-refractivity contribution >= 4 is 23.4 Å². The number of hydrogen-bond donors (Lipinski definition) is 1. The summed E-state index contributed by atoms with van der Waals surface area (Å²) in [5.74, 6) is -0.685. The summed E-state index contributed by atoms with van der Waals surface area (Å²) >= 11 is 0. The molecule has 1 saturated carbocycles. The van der Waals surface area contributed by atoms with Gasteiger partial charge < -0.3 is 0 Å². The smallest absolute Gasteiger partial charge is 0.270 e. The van der Waals surface area contributed by atoms with Crippen LogP contribution in [0.4, 0.5) is 5.69 Å². The van der Waals surface area contributed by atoms with Crippen LogP contribution in [0.3, 0.4) is 0 Å². The van der Waals surface area contributed by atoms with Crippen LogP contribution in [0.15, 0.2) is 49.1 Å². The van der Waals surface area contributed by atoms with E-state index in [0.29, 0.717) is 11.3 Å². The van der Waals surface area contributed by atoms with Gasteiger partial charge in [0.25, 0.3) is 5.91 Å². The number of benzene rings is 1. The minimum atomic E-state index is -0.338. The van der Waals surface area contributed by atoms with E-state index in [-0.39, 0.29) is 41.4 Å². The van der Waals surface area contributed by atoms with Gasteiger partial charge in [-0.25, -0.2) is 4.68 Å². The van der Waals surface area contributed by atoms with Gasteiger partial charge in [-0.05, 0) is 42.5 Å². The first-order valence-corrected chi connectivity index (χ1v) is 8.45. The molecule has 0 radical (unpaired) electrons. The van der Waals surface area contributed by atoms with Gasteiger partial charge in [-0.2, -0.15) is 0 Å². The molecule has 2 heterocycles. The number of rotatable bonds is 3. The summed E-state index contributed by atoms with van der Waals surface area (Å²) in [4.78, 5) is 39.1. The highest BCUT2D eigenvalue weighted by Gasteiger charge is 2.59. The lowest BCUT2D eigenvalue weighted by molar-refractivity contribution is -0.123. The number of nitrogens with one attached hydrogen (secondary N) is 1. The van der Waals surface area contributed by atoms with Gasteiger partial charge >= 0.3 is 0 Å². The van der Waals surface area contributed by atoms with Crippen molar-refractivity contribution < 1.29 is 14.4 Å². The molecule has 5 rings (SSSR count). The zero-order valence-electron chi connectivity index (χ0n) is 13.6. The fourth-order valence-corrected chi connectivity index (χ4v) is 4.36. The van der Waals surface area contributed by atoms with Crippen molar-refractivity contribution in [3.63, 3.8) is 0 Å². The summed E-state index contributed by atoms with van der Waals surface area (Å²) in [5, 5.41) is 7.22. The van der Waals surface area contributed by atoms with Crippen molar-refractivity contribution in [3.8, 4) is 0 Å². The maximum atomic E-state index is 12.8. The molecule has 8 heteroatoms. The molecule has 2 bridgehead atoms. The van der Waals surface area contributed by atoms with Crippen LogP contribution < -0.4 is 10.3 Å². The molecule has 8 nitrogen and oxygen atoms in total.